The predicted octanol–water partition coefficient (Wildman–Crippen LogP) is 2.94. The topological polar surface area (TPSA) is 54.5 Å². The summed E-state index contributed by atoms with van der Waals surface area (Å²) in [6.07, 6.45) is 2.52. The first-order chi connectivity index (χ1) is 10.7. The summed E-state index contributed by atoms with van der Waals surface area (Å²) in [7, 11) is 1.53. The van der Waals surface area contributed by atoms with Gasteiger partial charge in [-0.3, -0.25) is 4.79 Å². The summed E-state index contributed by atoms with van der Waals surface area (Å²) in [5.74, 6) is -0.000568. The molecule has 1 amide bonds. The molecule has 0 spiro atoms. The second kappa shape index (κ2) is 6.64. The van der Waals surface area contributed by atoms with Crippen molar-refractivity contribution in [1.82, 2.24) is 4.98 Å². The van der Waals surface area contributed by atoms with Crippen molar-refractivity contribution in [3.05, 3.63) is 39.3 Å². The lowest BCUT2D eigenvalue weighted by atomic mass is 10.1. The molecular formula is C15H16ClN3O2S. The summed E-state index contributed by atoms with van der Waals surface area (Å²) in [5.41, 5.74) is 3.17. The van der Waals surface area contributed by atoms with Gasteiger partial charge in [0, 0.05) is 25.0 Å². The molecule has 1 aromatic carbocycles. The van der Waals surface area contributed by atoms with Crippen LogP contribution in [-0.2, 0) is 22.5 Å². The summed E-state index contributed by atoms with van der Waals surface area (Å²) >= 11 is 7.34. The Hall–Kier alpha value is -1.63. The zero-order valence-corrected chi connectivity index (χ0v) is 13.7. The van der Waals surface area contributed by atoms with E-state index < -0.39 is 0 Å². The number of nitrogens with one attached hydrogen (secondary N) is 1. The molecule has 0 saturated heterocycles. The number of ether oxygens (including phenoxy) is 1. The van der Waals surface area contributed by atoms with Crippen molar-refractivity contribution < 1.29 is 9.53 Å². The minimum absolute atomic E-state index is 0.000568. The van der Waals surface area contributed by atoms with Crippen molar-refractivity contribution in [2.45, 2.75) is 13.0 Å². The quantitative estimate of drug-likeness (QED) is 0.911. The lowest BCUT2D eigenvalue weighted by Gasteiger charge is -2.17. The van der Waals surface area contributed by atoms with Gasteiger partial charge in [0.05, 0.1) is 12.7 Å². The van der Waals surface area contributed by atoms with Crippen LogP contribution in [0.3, 0.4) is 0 Å². The Morgan fingerprint density at radius 1 is 1.55 bits per heavy atom. The van der Waals surface area contributed by atoms with E-state index in [0.29, 0.717) is 17.4 Å². The summed E-state index contributed by atoms with van der Waals surface area (Å²) in [5, 5.41) is 4.28. The van der Waals surface area contributed by atoms with E-state index in [4.69, 9.17) is 16.3 Å². The Labute approximate surface area is 137 Å². The molecule has 0 fully saturated rings. The number of carbonyl (C=O) groups is 1. The first kappa shape index (κ1) is 15.3. The third kappa shape index (κ3) is 3.24. The standard InChI is InChI=1S/C15H16ClN3O2S/c1-21-9-15(20)19-5-4-10-6-11(2-3-12(10)19)17-8-14-18-7-13(16)22-14/h2-3,6-7,17H,4-5,8-9H2,1H3. The number of anilines is 2. The zero-order chi connectivity index (χ0) is 15.5. The molecule has 2 heterocycles. The smallest absolute Gasteiger partial charge is 0.252 e. The number of aromatic nitrogens is 1. The number of hydrogen-bond acceptors (Lipinski definition) is 5. The maximum atomic E-state index is 12.0. The molecule has 1 N–H and O–H groups in total. The number of carbonyl (C=O) groups excluding carboxylic acids is 1. The van der Waals surface area contributed by atoms with Crippen LogP contribution in [0.2, 0.25) is 4.34 Å². The largest absolute Gasteiger partial charge is 0.379 e. The van der Waals surface area contributed by atoms with Crippen molar-refractivity contribution in [2.75, 3.05) is 30.5 Å². The van der Waals surface area contributed by atoms with Gasteiger partial charge < -0.3 is 15.0 Å². The Kier molecular flexibility index (Phi) is 4.61. The molecule has 0 saturated carbocycles. The number of rotatable bonds is 5. The molecule has 22 heavy (non-hydrogen) atoms. The van der Waals surface area contributed by atoms with Crippen molar-refractivity contribution in [1.29, 1.82) is 0 Å². The number of benzene rings is 1. The average molecular weight is 338 g/mol. The molecule has 2 aromatic rings. The number of thiazole rings is 1. The highest BCUT2D eigenvalue weighted by atomic mass is 35.5. The minimum atomic E-state index is -0.000568. The molecule has 0 bridgehead atoms. The van der Waals surface area contributed by atoms with Crippen molar-refractivity contribution >= 4 is 40.2 Å². The van der Waals surface area contributed by atoms with Gasteiger partial charge in [-0.1, -0.05) is 11.6 Å². The molecule has 116 valence electrons. The highest BCUT2D eigenvalue weighted by Gasteiger charge is 2.24. The second-order valence-electron chi connectivity index (χ2n) is 4.98. The summed E-state index contributed by atoms with van der Waals surface area (Å²) in [4.78, 5) is 18.0. The molecule has 1 aromatic heterocycles. The van der Waals surface area contributed by atoms with Crippen molar-refractivity contribution in [3.8, 4) is 0 Å². The highest BCUT2D eigenvalue weighted by Crippen LogP contribution is 2.31. The van der Waals surface area contributed by atoms with Crippen LogP contribution in [0, 0.1) is 0 Å². The summed E-state index contributed by atoms with van der Waals surface area (Å²) in [6.45, 7) is 1.47. The van der Waals surface area contributed by atoms with Crippen LogP contribution in [0.5, 0.6) is 0 Å². The van der Waals surface area contributed by atoms with Crippen LogP contribution < -0.4 is 10.2 Å². The maximum Gasteiger partial charge on any atom is 0.252 e. The molecule has 7 heteroatoms. The van der Waals surface area contributed by atoms with Crippen LogP contribution in [0.4, 0.5) is 11.4 Å². The molecule has 0 unspecified atom stereocenters. The number of nitrogens with zero attached hydrogens (tertiary/aromatic N) is 2. The van der Waals surface area contributed by atoms with Crippen LogP contribution in [0.1, 0.15) is 10.6 Å². The van der Waals surface area contributed by atoms with E-state index in [1.807, 2.05) is 12.1 Å². The van der Waals surface area contributed by atoms with Gasteiger partial charge in [-0.2, -0.15) is 0 Å². The van der Waals surface area contributed by atoms with Gasteiger partial charge in [-0.05, 0) is 30.2 Å². The summed E-state index contributed by atoms with van der Waals surface area (Å²) in [6, 6.07) is 6.05. The fraction of sp³-hybridized carbons (Fsp3) is 0.333. The van der Waals surface area contributed by atoms with E-state index in [0.717, 1.165) is 22.8 Å². The normalized spacial score (nSPS) is 13.3. The molecule has 0 atom stereocenters. The molecular weight excluding hydrogens is 322 g/mol. The molecule has 0 radical (unpaired) electrons. The third-order valence-corrected chi connectivity index (χ3v) is 4.63. The Morgan fingerprint density at radius 3 is 3.14 bits per heavy atom. The Bertz CT molecular complexity index is 689. The van der Waals surface area contributed by atoms with Gasteiger partial charge in [0.2, 0.25) is 0 Å². The first-order valence-electron chi connectivity index (χ1n) is 6.93. The number of methoxy groups -OCH3 is 1. The van der Waals surface area contributed by atoms with E-state index in [-0.39, 0.29) is 12.5 Å². The van der Waals surface area contributed by atoms with E-state index in [9.17, 15) is 4.79 Å². The predicted molar refractivity (Wildman–Crippen MR) is 88.8 cm³/mol. The fourth-order valence-corrected chi connectivity index (χ4v) is 3.42. The Balaban J connectivity index is 1.68. The van der Waals surface area contributed by atoms with Gasteiger partial charge in [-0.25, -0.2) is 4.98 Å². The SMILES string of the molecule is COCC(=O)N1CCc2cc(NCc3ncc(Cl)s3)ccc21. The van der Waals surface area contributed by atoms with Crippen LogP contribution >= 0.6 is 22.9 Å². The van der Waals surface area contributed by atoms with Crippen LogP contribution in [0.15, 0.2) is 24.4 Å². The third-order valence-electron chi connectivity index (χ3n) is 3.51. The highest BCUT2D eigenvalue weighted by molar-refractivity contribution is 7.15. The van der Waals surface area contributed by atoms with E-state index >= 15 is 0 Å². The molecule has 1 aliphatic heterocycles. The van der Waals surface area contributed by atoms with Gasteiger partial charge in [-0.15, -0.1) is 11.3 Å². The molecule has 3 rings (SSSR count). The van der Waals surface area contributed by atoms with Gasteiger partial charge >= 0.3 is 0 Å². The number of hydrogen-bond donors (Lipinski definition) is 1. The van der Waals surface area contributed by atoms with E-state index in [1.54, 1.807) is 11.1 Å². The van der Waals surface area contributed by atoms with Gasteiger partial charge in [0.1, 0.15) is 16.0 Å². The van der Waals surface area contributed by atoms with E-state index in [1.165, 1.54) is 24.0 Å². The van der Waals surface area contributed by atoms with Crippen molar-refractivity contribution in [3.63, 3.8) is 0 Å². The van der Waals surface area contributed by atoms with Gasteiger partial charge in [0.25, 0.3) is 5.91 Å². The lowest BCUT2D eigenvalue weighted by Crippen LogP contribution is -2.31. The number of halogens is 1. The Morgan fingerprint density at radius 2 is 2.41 bits per heavy atom. The lowest BCUT2D eigenvalue weighted by molar-refractivity contribution is -0.122. The van der Waals surface area contributed by atoms with Crippen LogP contribution in [-0.4, -0.2) is 31.2 Å². The second-order valence-corrected chi connectivity index (χ2v) is 6.73. The number of fused-ring (bicyclic) bond motifs is 1. The van der Waals surface area contributed by atoms with Gasteiger partial charge in [0.15, 0.2) is 0 Å². The van der Waals surface area contributed by atoms with E-state index in [2.05, 4.69) is 16.4 Å². The number of amides is 1. The first-order valence-corrected chi connectivity index (χ1v) is 8.13. The monoisotopic (exact) mass is 337 g/mol. The average Bonchev–Trinajstić information content (AvgIpc) is 3.11. The van der Waals surface area contributed by atoms with Crippen LogP contribution in [0.25, 0.3) is 0 Å². The van der Waals surface area contributed by atoms with Crippen molar-refractivity contribution in [2.24, 2.45) is 0 Å². The minimum Gasteiger partial charge on any atom is -0.379 e. The molecule has 0 aliphatic carbocycles. The molecule has 5 nitrogen and oxygen atoms in total. The molecule has 1 aliphatic rings. The maximum absolute atomic E-state index is 12.0. The fourth-order valence-electron chi connectivity index (χ4n) is 2.52. The zero-order valence-electron chi connectivity index (χ0n) is 12.1. The summed E-state index contributed by atoms with van der Waals surface area (Å²) < 4.78 is 5.62.